The highest BCUT2D eigenvalue weighted by atomic mass is 16.5. The number of likely N-dealkylation sites (tertiary alicyclic amines) is 1. The van der Waals surface area contributed by atoms with Crippen LogP contribution in [0.4, 0.5) is 10.5 Å². The first kappa shape index (κ1) is 21.0. The van der Waals surface area contributed by atoms with E-state index in [0.717, 1.165) is 18.5 Å². The zero-order valence-corrected chi connectivity index (χ0v) is 18.2. The van der Waals surface area contributed by atoms with Gasteiger partial charge in [0.2, 0.25) is 17.6 Å². The molecule has 10 heteroatoms. The number of rotatable bonds is 6. The standard InChI is InChI=1S/C23H25N7O3/c31-21(16-29-11-12-30(23(29)32)18-6-2-1-3-7-18)28-10-4-5-17(15-28)13-20-26-22(27-33-20)19-14-24-8-9-25-19/h1-3,6-9,14,17H,4-5,10-13,15-16H2. The predicted octanol–water partition coefficient (Wildman–Crippen LogP) is 2.25. The summed E-state index contributed by atoms with van der Waals surface area (Å²) in [5.74, 6) is 1.15. The van der Waals surface area contributed by atoms with Crippen molar-refractivity contribution in [3.8, 4) is 11.5 Å². The molecule has 1 aromatic carbocycles. The summed E-state index contributed by atoms with van der Waals surface area (Å²) < 4.78 is 5.40. The van der Waals surface area contributed by atoms with Crippen LogP contribution in [0.25, 0.3) is 11.5 Å². The third-order valence-electron chi connectivity index (χ3n) is 6.08. The maximum absolute atomic E-state index is 13.0. The molecule has 4 heterocycles. The molecule has 0 saturated carbocycles. The number of piperidine rings is 1. The molecule has 1 unspecified atom stereocenters. The summed E-state index contributed by atoms with van der Waals surface area (Å²) in [7, 11) is 0. The quantitative estimate of drug-likeness (QED) is 0.570. The summed E-state index contributed by atoms with van der Waals surface area (Å²) in [6, 6.07) is 9.43. The Morgan fingerprint density at radius 1 is 1.12 bits per heavy atom. The van der Waals surface area contributed by atoms with Gasteiger partial charge in [0.15, 0.2) is 0 Å². The Kier molecular flexibility index (Phi) is 5.97. The van der Waals surface area contributed by atoms with Gasteiger partial charge in [-0.1, -0.05) is 23.4 Å². The molecule has 10 nitrogen and oxygen atoms in total. The number of para-hydroxylation sites is 1. The van der Waals surface area contributed by atoms with Gasteiger partial charge in [0.05, 0.1) is 6.20 Å². The van der Waals surface area contributed by atoms with E-state index in [1.54, 1.807) is 28.4 Å². The second-order valence-electron chi connectivity index (χ2n) is 8.35. The van der Waals surface area contributed by atoms with Gasteiger partial charge in [0, 0.05) is 50.7 Å². The van der Waals surface area contributed by atoms with Gasteiger partial charge in [0.25, 0.3) is 0 Å². The normalized spacial score (nSPS) is 18.7. The first-order chi connectivity index (χ1) is 16.2. The second-order valence-corrected chi connectivity index (χ2v) is 8.35. The van der Waals surface area contributed by atoms with Gasteiger partial charge in [-0.3, -0.25) is 14.7 Å². The number of anilines is 1. The number of aromatic nitrogens is 4. The lowest BCUT2D eigenvalue weighted by atomic mass is 9.94. The number of urea groups is 1. The Labute approximate surface area is 191 Å². The van der Waals surface area contributed by atoms with Crippen molar-refractivity contribution in [2.45, 2.75) is 19.3 Å². The van der Waals surface area contributed by atoms with Crippen molar-refractivity contribution >= 4 is 17.6 Å². The lowest BCUT2D eigenvalue weighted by molar-refractivity contribution is -0.133. The first-order valence-corrected chi connectivity index (χ1v) is 11.2. The molecule has 2 aliphatic heterocycles. The summed E-state index contributed by atoms with van der Waals surface area (Å²) >= 11 is 0. The average Bonchev–Trinajstić information content (AvgIpc) is 3.47. The van der Waals surface area contributed by atoms with Gasteiger partial charge < -0.3 is 14.3 Å². The Hall–Kier alpha value is -3.82. The highest BCUT2D eigenvalue weighted by Gasteiger charge is 2.33. The van der Waals surface area contributed by atoms with Gasteiger partial charge >= 0.3 is 6.03 Å². The molecule has 0 spiro atoms. The maximum atomic E-state index is 13.0. The number of carbonyl (C=O) groups excluding carboxylic acids is 2. The average molecular weight is 447 g/mol. The molecular weight excluding hydrogens is 422 g/mol. The number of nitrogens with zero attached hydrogens (tertiary/aromatic N) is 7. The van der Waals surface area contributed by atoms with Crippen LogP contribution < -0.4 is 4.90 Å². The topological polar surface area (TPSA) is 109 Å². The van der Waals surface area contributed by atoms with Crippen LogP contribution in [0.5, 0.6) is 0 Å². The Morgan fingerprint density at radius 2 is 2.00 bits per heavy atom. The third-order valence-corrected chi connectivity index (χ3v) is 6.08. The minimum Gasteiger partial charge on any atom is -0.341 e. The van der Waals surface area contributed by atoms with Crippen molar-refractivity contribution in [2.75, 3.05) is 37.6 Å². The highest BCUT2D eigenvalue weighted by molar-refractivity contribution is 5.96. The number of benzene rings is 1. The predicted molar refractivity (Wildman–Crippen MR) is 119 cm³/mol. The van der Waals surface area contributed by atoms with E-state index in [4.69, 9.17) is 4.52 Å². The monoisotopic (exact) mass is 447 g/mol. The van der Waals surface area contributed by atoms with E-state index in [1.807, 2.05) is 35.2 Å². The number of hydrogen-bond acceptors (Lipinski definition) is 7. The lowest BCUT2D eigenvalue weighted by Gasteiger charge is -2.33. The molecule has 0 aliphatic carbocycles. The molecule has 0 radical (unpaired) electrons. The van der Waals surface area contributed by atoms with Gasteiger partial charge in [0.1, 0.15) is 12.2 Å². The van der Waals surface area contributed by atoms with Crippen LogP contribution in [0.3, 0.4) is 0 Å². The fourth-order valence-corrected chi connectivity index (χ4v) is 4.40. The van der Waals surface area contributed by atoms with Crippen LogP contribution in [0.15, 0.2) is 53.4 Å². The van der Waals surface area contributed by atoms with Gasteiger partial charge in [-0.2, -0.15) is 4.98 Å². The Balaban J connectivity index is 1.16. The molecule has 33 heavy (non-hydrogen) atoms. The van der Waals surface area contributed by atoms with Crippen LogP contribution in [-0.2, 0) is 11.2 Å². The molecule has 170 valence electrons. The molecule has 0 bridgehead atoms. The lowest BCUT2D eigenvalue weighted by Crippen LogP contribution is -2.46. The SMILES string of the molecule is O=C(CN1CCN(c2ccccc2)C1=O)N1CCCC(Cc2nc(-c3cnccn3)no2)C1. The van der Waals surface area contributed by atoms with Crippen LogP contribution in [0.2, 0.25) is 0 Å². The molecule has 2 aromatic heterocycles. The van der Waals surface area contributed by atoms with Crippen molar-refractivity contribution in [2.24, 2.45) is 5.92 Å². The summed E-state index contributed by atoms with van der Waals surface area (Å²) in [6.45, 7) is 2.56. The molecule has 3 amide bonds. The van der Waals surface area contributed by atoms with Gasteiger partial charge in [-0.15, -0.1) is 0 Å². The van der Waals surface area contributed by atoms with Crippen molar-refractivity contribution in [1.82, 2.24) is 29.9 Å². The van der Waals surface area contributed by atoms with Crippen LogP contribution >= 0.6 is 0 Å². The summed E-state index contributed by atoms with van der Waals surface area (Å²) in [4.78, 5) is 43.6. The molecule has 3 aromatic rings. The summed E-state index contributed by atoms with van der Waals surface area (Å²) in [5, 5.41) is 4.00. The van der Waals surface area contributed by atoms with Crippen LogP contribution in [0, 0.1) is 5.92 Å². The molecule has 2 saturated heterocycles. The van der Waals surface area contributed by atoms with E-state index in [0.29, 0.717) is 50.0 Å². The van der Waals surface area contributed by atoms with Crippen molar-refractivity contribution in [3.63, 3.8) is 0 Å². The highest BCUT2D eigenvalue weighted by Crippen LogP contribution is 2.23. The Bertz CT molecular complexity index is 1110. The molecule has 2 fully saturated rings. The second kappa shape index (κ2) is 9.35. The smallest absolute Gasteiger partial charge is 0.325 e. The fourth-order valence-electron chi connectivity index (χ4n) is 4.40. The minimum absolute atomic E-state index is 0.0197. The van der Waals surface area contributed by atoms with E-state index in [-0.39, 0.29) is 24.4 Å². The Morgan fingerprint density at radius 3 is 2.82 bits per heavy atom. The summed E-state index contributed by atoms with van der Waals surface area (Å²) in [6.07, 6.45) is 7.26. The van der Waals surface area contributed by atoms with E-state index in [1.165, 1.54) is 0 Å². The number of carbonyl (C=O) groups is 2. The van der Waals surface area contributed by atoms with Gasteiger partial charge in [-0.05, 0) is 30.9 Å². The molecule has 2 aliphatic rings. The van der Waals surface area contributed by atoms with Crippen LogP contribution in [-0.4, -0.2) is 74.6 Å². The third kappa shape index (κ3) is 4.69. The molecule has 0 N–H and O–H groups in total. The van der Waals surface area contributed by atoms with E-state index < -0.39 is 0 Å². The zero-order chi connectivity index (χ0) is 22.6. The van der Waals surface area contributed by atoms with Crippen molar-refractivity contribution in [3.05, 3.63) is 54.8 Å². The van der Waals surface area contributed by atoms with Gasteiger partial charge in [-0.25, -0.2) is 9.78 Å². The van der Waals surface area contributed by atoms with Crippen molar-refractivity contribution < 1.29 is 14.1 Å². The maximum Gasteiger partial charge on any atom is 0.325 e. The van der Waals surface area contributed by atoms with Crippen LogP contribution in [0.1, 0.15) is 18.7 Å². The minimum atomic E-state index is -0.120. The zero-order valence-electron chi connectivity index (χ0n) is 18.2. The van der Waals surface area contributed by atoms with E-state index in [9.17, 15) is 9.59 Å². The molecule has 1 atom stereocenters. The number of amides is 3. The first-order valence-electron chi connectivity index (χ1n) is 11.2. The largest absolute Gasteiger partial charge is 0.341 e. The van der Waals surface area contributed by atoms with Crippen molar-refractivity contribution in [1.29, 1.82) is 0 Å². The summed E-state index contributed by atoms with van der Waals surface area (Å²) in [5.41, 5.74) is 1.42. The number of hydrogen-bond donors (Lipinski definition) is 0. The van der Waals surface area contributed by atoms with E-state index in [2.05, 4.69) is 20.1 Å². The molecular formula is C23H25N7O3. The molecule has 5 rings (SSSR count). The van der Waals surface area contributed by atoms with E-state index >= 15 is 0 Å². The fraction of sp³-hybridized carbons (Fsp3) is 0.391.